The number of carbonyl (C=O) groups excluding carboxylic acids is 3. The van der Waals surface area contributed by atoms with E-state index in [2.05, 4.69) is 20.6 Å². The molecular weight excluding hydrogens is 380 g/mol. The summed E-state index contributed by atoms with van der Waals surface area (Å²) < 4.78 is 14.7. The fourth-order valence-electron chi connectivity index (χ4n) is 2.06. The Hall–Kier alpha value is -3.43. The van der Waals surface area contributed by atoms with Gasteiger partial charge in [0.05, 0.1) is 19.8 Å². The lowest BCUT2D eigenvalue weighted by atomic mass is 10.3. The van der Waals surface area contributed by atoms with E-state index in [0.29, 0.717) is 0 Å². The normalized spacial score (nSPS) is 10.6. The van der Waals surface area contributed by atoms with E-state index in [9.17, 15) is 14.4 Å². The molecule has 0 fully saturated rings. The van der Waals surface area contributed by atoms with Crippen LogP contribution in [0.15, 0.2) is 29.7 Å². The molecule has 0 radical (unpaired) electrons. The number of carbonyl (C=O) groups is 3. The van der Waals surface area contributed by atoms with Crippen molar-refractivity contribution in [3.63, 3.8) is 0 Å². The Labute approximate surface area is 169 Å². The molecule has 1 rings (SSSR count). The van der Waals surface area contributed by atoms with Gasteiger partial charge in [0.25, 0.3) is 0 Å². The SMILES string of the molecule is CCOC(=O)C(=CN/C(=C\Nc1nc(C)cc(C)n1)C(=O)OCC)C(=O)OCC. The summed E-state index contributed by atoms with van der Waals surface area (Å²) in [4.78, 5) is 44.6. The standard InChI is InChI=1S/C19H26N4O6/c1-6-27-16(24)14(17(25)28-7-2)10-20-15(18(26)29-8-3)11-21-19-22-12(4)9-13(5)23-19/h9-11,20H,6-8H2,1-5H3,(H,21,22,23)/b15-11-. The first kappa shape index (κ1) is 23.6. The van der Waals surface area contributed by atoms with Gasteiger partial charge in [-0.15, -0.1) is 0 Å². The molecule has 0 aromatic carbocycles. The molecule has 0 aliphatic carbocycles. The predicted molar refractivity (Wildman–Crippen MR) is 104 cm³/mol. The summed E-state index contributed by atoms with van der Waals surface area (Å²) in [7, 11) is 0. The van der Waals surface area contributed by atoms with E-state index in [1.165, 1.54) is 6.20 Å². The fourth-order valence-corrected chi connectivity index (χ4v) is 2.06. The van der Waals surface area contributed by atoms with Gasteiger partial charge in [0.2, 0.25) is 5.95 Å². The van der Waals surface area contributed by atoms with Crippen molar-refractivity contribution in [3.05, 3.63) is 41.1 Å². The summed E-state index contributed by atoms with van der Waals surface area (Å²) in [5, 5.41) is 5.38. The highest BCUT2D eigenvalue weighted by Gasteiger charge is 2.22. The minimum absolute atomic E-state index is 0.0712. The van der Waals surface area contributed by atoms with Crippen LogP contribution in [-0.4, -0.2) is 47.7 Å². The van der Waals surface area contributed by atoms with Gasteiger partial charge in [0, 0.05) is 23.8 Å². The van der Waals surface area contributed by atoms with Gasteiger partial charge in [0.1, 0.15) is 5.70 Å². The average Bonchev–Trinajstić information content (AvgIpc) is 2.64. The smallest absolute Gasteiger partial charge is 0.356 e. The van der Waals surface area contributed by atoms with Gasteiger partial charge in [-0.2, -0.15) is 0 Å². The molecular formula is C19H26N4O6. The maximum atomic E-state index is 12.2. The first-order chi connectivity index (χ1) is 13.8. The average molecular weight is 406 g/mol. The minimum atomic E-state index is -0.882. The zero-order valence-electron chi connectivity index (χ0n) is 17.2. The second kappa shape index (κ2) is 12.1. The highest BCUT2D eigenvalue weighted by atomic mass is 16.6. The molecule has 0 bridgehead atoms. The van der Waals surface area contributed by atoms with Crippen LogP contribution in [0.3, 0.4) is 0 Å². The van der Waals surface area contributed by atoms with E-state index in [0.717, 1.165) is 17.6 Å². The first-order valence-electron chi connectivity index (χ1n) is 9.09. The van der Waals surface area contributed by atoms with Crippen LogP contribution in [0.1, 0.15) is 32.2 Å². The van der Waals surface area contributed by atoms with Crippen LogP contribution in [0.25, 0.3) is 0 Å². The number of nitrogens with one attached hydrogen (secondary N) is 2. The van der Waals surface area contributed by atoms with Crippen molar-refractivity contribution < 1.29 is 28.6 Å². The lowest BCUT2D eigenvalue weighted by Gasteiger charge is -2.10. The molecule has 0 unspecified atom stereocenters. The molecule has 10 nitrogen and oxygen atoms in total. The number of nitrogens with zero attached hydrogens (tertiary/aromatic N) is 2. The summed E-state index contributed by atoms with van der Waals surface area (Å²) in [6.45, 7) is 8.74. The van der Waals surface area contributed by atoms with Crippen molar-refractivity contribution in [3.8, 4) is 0 Å². The van der Waals surface area contributed by atoms with Crippen molar-refractivity contribution in [2.24, 2.45) is 0 Å². The minimum Gasteiger partial charge on any atom is -0.462 e. The molecule has 10 heteroatoms. The van der Waals surface area contributed by atoms with Crippen LogP contribution in [0.2, 0.25) is 0 Å². The van der Waals surface area contributed by atoms with Crippen LogP contribution in [0.4, 0.5) is 5.95 Å². The van der Waals surface area contributed by atoms with Crippen molar-refractivity contribution in [2.75, 3.05) is 25.1 Å². The third kappa shape index (κ3) is 7.99. The van der Waals surface area contributed by atoms with Crippen LogP contribution in [0, 0.1) is 13.8 Å². The van der Waals surface area contributed by atoms with Crippen LogP contribution < -0.4 is 10.6 Å². The van der Waals surface area contributed by atoms with Crippen molar-refractivity contribution >= 4 is 23.9 Å². The van der Waals surface area contributed by atoms with Gasteiger partial charge >= 0.3 is 17.9 Å². The molecule has 0 aliphatic rings. The van der Waals surface area contributed by atoms with E-state index in [4.69, 9.17) is 14.2 Å². The van der Waals surface area contributed by atoms with Crippen LogP contribution in [0.5, 0.6) is 0 Å². The maximum absolute atomic E-state index is 12.2. The molecule has 0 atom stereocenters. The Morgan fingerprint density at radius 2 is 1.34 bits per heavy atom. The summed E-state index contributed by atoms with van der Waals surface area (Å²) in [6.07, 6.45) is 2.30. The second-order valence-electron chi connectivity index (χ2n) is 5.54. The quantitative estimate of drug-likeness (QED) is 0.194. The molecule has 0 saturated carbocycles. The lowest BCUT2D eigenvalue weighted by Crippen LogP contribution is -2.24. The van der Waals surface area contributed by atoms with Crippen molar-refractivity contribution in [1.29, 1.82) is 0 Å². The highest BCUT2D eigenvalue weighted by molar-refractivity contribution is 6.14. The van der Waals surface area contributed by atoms with Crippen LogP contribution >= 0.6 is 0 Å². The topological polar surface area (TPSA) is 129 Å². The molecule has 0 spiro atoms. The van der Waals surface area contributed by atoms with E-state index >= 15 is 0 Å². The molecule has 1 aromatic rings. The summed E-state index contributed by atoms with van der Waals surface area (Å²) in [5.74, 6) is -2.21. The fraction of sp³-hybridized carbons (Fsp3) is 0.421. The summed E-state index contributed by atoms with van der Waals surface area (Å²) in [5.41, 5.74) is 1.00. The Kier molecular flexibility index (Phi) is 9.86. The lowest BCUT2D eigenvalue weighted by molar-refractivity contribution is -0.147. The maximum Gasteiger partial charge on any atom is 0.356 e. The van der Waals surface area contributed by atoms with E-state index in [1.807, 2.05) is 13.8 Å². The predicted octanol–water partition coefficient (Wildman–Crippen LogP) is 1.51. The van der Waals surface area contributed by atoms with Crippen LogP contribution in [-0.2, 0) is 28.6 Å². The number of esters is 3. The number of aryl methyl sites for hydroxylation is 2. The second-order valence-corrected chi connectivity index (χ2v) is 5.54. The summed E-state index contributed by atoms with van der Waals surface area (Å²) in [6, 6.07) is 1.80. The third-order valence-electron chi connectivity index (χ3n) is 3.19. The Balaban J connectivity index is 3.14. The first-order valence-corrected chi connectivity index (χ1v) is 9.09. The van der Waals surface area contributed by atoms with Gasteiger partial charge in [0.15, 0.2) is 5.57 Å². The highest BCUT2D eigenvalue weighted by Crippen LogP contribution is 2.06. The van der Waals surface area contributed by atoms with Crippen molar-refractivity contribution in [2.45, 2.75) is 34.6 Å². The van der Waals surface area contributed by atoms with Gasteiger partial charge in [-0.25, -0.2) is 24.4 Å². The zero-order chi connectivity index (χ0) is 21.8. The number of rotatable bonds is 10. The number of hydrogen-bond donors (Lipinski definition) is 2. The monoisotopic (exact) mass is 406 g/mol. The molecule has 29 heavy (non-hydrogen) atoms. The van der Waals surface area contributed by atoms with Gasteiger partial charge < -0.3 is 24.8 Å². The van der Waals surface area contributed by atoms with E-state index in [1.54, 1.807) is 26.8 Å². The number of hydrogen-bond acceptors (Lipinski definition) is 10. The van der Waals surface area contributed by atoms with Crippen molar-refractivity contribution in [1.82, 2.24) is 15.3 Å². The molecule has 0 amide bonds. The largest absolute Gasteiger partial charge is 0.462 e. The Bertz CT molecular complexity index is 764. The third-order valence-corrected chi connectivity index (χ3v) is 3.19. The van der Waals surface area contributed by atoms with E-state index < -0.39 is 23.5 Å². The number of ether oxygens (including phenoxy) is 3. The number of anilines is 1. The van der Waals surface area contributed by atoms with E-state index in [-0.39, 0.29) is 31.5 Å². The zero-order valence-corrected chi connectivity index (χ0v) is 17.2. The molecule has 1 aromatic heterocycles. The molecule has 1 heterocycles. The number of aromatic nitrogens is 2. The summed E-state index contributed by atoms with van der Waals surface area (Å²) >= 11 is 0. The molecule has 158 valence electrons. The van der Waals surface area contributed by atoms with Gasteiger partial charge in [-0.3, -0.25) is 0 Å². The Morgan fingerprint density at radius 1 is 0.862 bits per heavy atom. The molecule has 0 saturated heterocycles. The molecule has 0 aliphatic heterocycles. The van der Waals surface area contributed by atoms with Gasteiger partial charge in [-0.05, 0) is 40.7 Å². The van der Waals surface area contributed by atoms with Gasteiger partial charge in [-0.1, -0.05) is 0 Å². The molecule has 2 N–H and O–H groups in total. The Morgan fingerprint density at radius 3 is 1.83 bits per heavy atom.